The third-order valence-corrected chi connectivity index (χ3v) is 6.07. The SMILES string of the molecule is CNCCC(=N)COc1cccc(C(C)Nc2cc(-c3ccc4ncsc4c3)nc(C)n2)c1. The van der Waals surface area contributed by atoms with E-state index in [4.69, 9.17) is 10.1 Å². The number of hydrogen-bond acceptors (Lipinski definition) is 8. The lowest BCUT2D eigenvalue weighted by molar-refractivity contribution is 0.372. The van der Waals surface area contributed by atoms with Crippen molar-refractivity contribution in [3.63, 3.8) is 0 Å². The van der Waals surface area contributed by atoms with Gasteiger partial charge in [0.1, 0.15) is 24.0 Å². The zero-order valence-corrected chi connectivity index (χ0v) is 19.9. The highest BCUT2D eigenvalue weighted by Crippen LogP contribution is 2.28. The van der Waals surface area contributed by atoms with E-state index in [1.807, 2.05) is 55.9 Å². The third kappa shape index (κ3) is 5.91. The second-order valence-electron chi connectivity index (χ2n) is 7.90. The molecule has 0 amide bonds. The largest absolute Gasteiger partial charge is 0.488 e. The van der Waals surface area contributed by atoms with Crippen LogP contribution in [0.25, 0.3) is 21.5 Å². The first-order valence-corrected chi connectivity index (χ1v) is 11.8. The molecule has 1 unspecified atom stereocenters. The molecule has 1 atom stereocenters. The summed E-state index contributed by atoms with van der Waals surface area (Å²) in [5, 5.41) is 14.5. The lowest BCUT2D eigenvalue weighted by atomic mass is 10.1. The maximum absolute atomic E-state index is 7.98. The zero-order valence-electron chi connectivity index (χ0n) is 19.1. The fraction of sp³-hybridized carbons (Fsp3) is 0.280. The van der Waals surface area contributed by atoms with Gasteiger partial charge < -0.3 is 20.8 Å². The van der Waals surface area contributed by atoms with Crippen LogP contribution < -0.4 is 15.4 Å². The van der Waals surface area contributed by atoms with Crippen molar-refractivity contribution in [2.24, 2.45) is 0 Å². The van der Waals surface area contributed by atoms with Crippen LogP contribution in [0.2, 0.25) is 0 Å². The minimum absolute atomic E-state index is 0.0171. The van der Waals surface area contributed by atoms with Crippen LogP contribution >= 0.6 is 11.3 Å². The van der Waals surface area contributed by atoms with Crippen molar-refractivity contribution >= 4 is 33.1 Å². The van der Waals surface area contributed by atoms with Crippen molar-refractivity contribution in [2.45, 2.75) is 26.3 Å². The van der Waals surface area contributed by atoms with Crippen LogP contribution in [0.1, 0.15) is 30.8 Å². The molecule has 0 saturated carbocycles. The summed E-state index contributed by atoms with van der Waals surface area (Å²) < 4.78 is 6.96. The maximum Gasteiger partial charge on any atom is 0.130 e. The van der Waals surface area contributed by atoms with Gasteiger partial charge in [0.2, 0.25) is 0 Å². The van der Waals surface area contributed by atoms with Gasteiger partial charge in [-0.25, -0.2) is 15.0 Å². The van der Waals surface area contributed by atoms with E-state index in [1.165, 1.54) is 0 Å². The monoisotopic (exact) mass is 460 g/mol. The molecule has 170 valence electrons. The Kier molecular flexibility index (Phi) is 7.26. The first-order valence-electron chi connectivity index (χ1n) is 10.9. The van der Waals surface area contributed by atoms with Gasteiger partial charge in [-0.3, -0.25) is 0 Å². The number of aromatic nitrogens is 3. The van der Waals surface area contributed by atoms with Gasteiger partial charge in [-0.15, -0.1) is 11.3 Å². The Hall–Kier alpha value is -3.36. The van der Waals surface area contributed by atoms with Crippen molar-refractivity contribution in [2.75, 3.05) is 25.5 Å². The third-order valence-electron chi connectivity index (χ3n) is 5.28. The lowest BCUT2D eigenvalue weighted by Gasteiger charge is -2.17. The summed E-state index contributed by atoms with van der Waals surface area (Å²) in [7, 11) is 1.88. The highest BCUT2D eigenvalue weighted by molar-refractivity contribution is 7.16. The van der Waals surface area contributed by atoms with Crippen LogP contribution in [0.15, 0.2) is 54.0 Å². The molecular weight excluding hydrogens is 432 g/mol. The standard InChI is InChI=1S/C25H28N6OS/c1-16(18-5-4-6-21(11-18)32-14-20(26)9-10-27-3)29-25-13-23(30-17(2)31-25)19-7-8-22-24(12-19)33-15-28-22/h4-8,11-13,15-16,26-27H,9-10,14H2,1-3H3,(H,29,30,31). The van der Waals surface area contributed by atoms with Gasteiger partial charge in [0.25, 0.3) is 0 Å². The molecule has 0 spiro atoms. The Morgan fingerprint density at radius 2 is 2.03 bits per heavy atom. The second kappa shape index (κ2) is 10.5. The predicted octanol–water partition coefficient (Wildman–Crippen LogP) is 5.24. The zero-order chi connectivity index (χ0) is 23.2. The summed E-state index contributed by atoms with van der Waals surface area (Å²) in [5.41, 5.74) is 6.44. The number of ether oxygens (including phenoxy) is 1. The number of fused-ring (bicyclic) bond motifs is 1. The molecule has 0 bridgehead atoms. The molecule has 7 nitrogen and oxygen atoms in total. The summed E-state index contributed by atoms with van der Waals surface area (Å²) in [4.78, 5) is 13.6. The Labute approximate surface area is 197 Å². The molecule has 0 saturated heterocycles. The van der Waals surface area contributed by atoms with Crippen molar-refractivity contribution in [3.8, 4) is 17.0 Å². The molecule has 0 aliphatic carbocycles. The average Bonchev–Trinajstić information content (AvgIpc) is 3.29. The highest BCUT2D eigenvalue weighted by Gasteiger charge is 2.11. The van der Waals surface area contributed by atoms with Crippen LogP contribution in [0, 0.1) is 12.3 Å². The van der Waals surface area contributed by atoms with E-state index in [1.54, 1.807) is 11.3 Å². The van der Waals surface area contributed by atoms with Gasteiger partial charge in [0.15, 0.2) is 0 Å². The summed E-state index contributed by atoms with van der Waals surface area (Å²) >= 11 is 1.62. The van der Waals surface area contributed by atoms with E-state index in [2.05, 4.69) is 44.6 Å². The number of hydrogen-bond donors (Lipinski definition) is 3. The summed E-state index contributed by atoms with van der Waals surface area (Å²) in [6.45, 7) is 5.07. The van der Waals surface area contributed by atoms with E-state index in [0.717, 1.165) is 45.1 Å². The van der Waals surface area contributed by atoms with Crippen LogP contribution in [0.5, 0.6) is 5.75 Å². The van der Waals surface area contributed by atoms with E-state index in [9.17, 15) is 0 Å². The van der Waals surface area contributed by atoms with E-state index in [-0.39, 0.29) is 6.04 Å². The molecule has 2 heterocycles. The fourth-order valence-corrected chi connectivity index (χ4v) is 4.22. The van der Waals surface area contributed by atoms with Crippen LogP contribution in [-0.4, -0.2) is 40.9 Å². The predicted molar refractivity (Wildman–Crippen MR) is 136 cm³/mol. The number of aryl methyl sites for hydroxylation is 1. The molecule has 0 aliphatic rings. The molecule has 4 aromatic rings. The maximum atomic E-state index is 7.98. The molecule has 33 heavy (non-hydrogen) atoms. The van der Waals surface area contributed by atoms with Gasteiger partial charge in [-0.1, -0.05) is 18.2 Å². The summed E-state index contributed by atoms with van der Waals surface area (Å²) in [5.74, 6) is 2.24. The Bertz CT molecular complexity index is 1250. The lowest BCUT2D eigenvalue weighted by Crippen LogP contribution is -2.17. The van der Waals surface area contributed by atoms with Gasteiger partial charge in [0.05, 0.1) is 27.5 Å². The average molecular weight is 461 g/mol. The first kappa shape index (κ1) is 22.8. The van der Waals surface area contributed by atoms with Gasteiger partial charge in [-0.05, 0) is 50.7 Å². The Balaban J connectivity index is 1.47. The first-order chi connectivity index (χ1) is 16.0. The minimum atomic E-state index is 0.0171. The molecule has 0 aliphatic heterocycles. The molecule has 2 aromatic carbocycles. The van der Waals surface area contributed by atoms with E-state index < -0.39 is 0 Å². The smallest absolute Gasteiger partial charge is 0.130 e. The molecule has 2 aromatic heterocycles. The number of nitrogens with one attached hydrogen (secondary N) is 3. The number of nitrogens with zero attached hydrogens (tertiary/aromatic N) is 3. The normalized spacial score (nSPS) is 12.0. The number of thiazole rings is 1. The Morgan fingerprint density at radius 3 is 2.88 bits per heavy atom. The fourth-order valence-electron chi connectivity index (χ4n) is 3.50. The van der Waals surface area contributed by atoms with Gasteiger partial charge in [0, 0.05) is 30.3 Å². The number of rotatable bonds is 10. The second-order valence-corrected chi connectivity index (χ2v) is 8.79. The molecule has 0 radical (unpaired) electrons. The molecular formula is C25H28N6OS. The van der Waals surface area contributed by atoms with E-state index in [0.29, 0.717) is 24.6 Å². The van der Waals surface area contributed by atoms with Gasteiger partial charge >= 0.3 is 0 Å². The van der Waals surface area contributed by atoms with Gasteiger partial charge in [-0.2, -0.15) is 0 Å². The Morgan fingerprint density at radius 1 is 1.15 bits per heavy atom. The van der Waals surface area contributed by atoms with Crippen LogP contribution in [0.3, 0.4) is 0 Å². The summed E-state index contributed by atoms with van der Waals surface area (Å²) in [6.07, 6.45) is 0.680. The topological polar surface area (TPSA) is 95.8 Å². The summed E-state index contributed by atoms with van der Waals surface area (Å²) in [6, 6.07) is 16.2. The number of benzene rings is 2. The van der Waals surface area contributed by atoms with Crippen LogP contribution in [-0.2, 0) is 0 Å². The van der Waals surface area contributed by atoms with Crippen molar-refractivity contribution in [1.82, 2.24) is 20.3 Å². The van der Waals surface area contributed by atoms with Crippen molar-refractivity contribution in [3.05, 3.63) is 65.4 Å². The van der Waals surface area contributed by atoms with Crippen LogP contribution in [0.4, 0.5) is 5.82 Å². The van der Waals surface area contributed by atoms with Crippen molar-refractivity contribution in [1.29, 1.82) is 5.41 Å². The van der Waals surface area contributed by atoms with Crippen molar-refractivity contribution < 1.29 is 4.74 Å². The molecule has 3 N–H and O–H groups in total. The quantitative estimate of drug-likeness (QED) is 0.280. The highest BCUT2D eigenvalue weighted by atomic mass is 32.1. The molecule has 8 heteroatoms. The van der Waals surface area contributed by atoms with E-state index >= 15 is 0 Å². The molecule has 0 fully saturated rings. The number of anilines is 1. The minimum Gasteiger partial charge on any atom is -0.488 e. The molecule has 4 rings (SSSR count).